The molecule has 42 heavy (non-hydrogen) atoms. The maximum Gasteiger partial charge on any atom is 0.344 e. The number of carbonyl (C=O) groups excluding carboxylic acids is 1. The van der Waals surface area contributed by atoms with E-state index in [1.165, 1.54) is 5.56 Å². The lowest BCUT2D eigenvalue weighted by Crippen LogP contribution is -2.14. The molecule has 4 aromatic carbocycles. The molecule has 5 rings (SSSR count). The van der Waals surface area contributed by atoms with Crippen LogP contribution in [0.3, 0.4) is 0 Å². The molecule has 6 heteroatoms. The van der Waals surface area contributed by atoms with Gasteiger partial charge in [0.25, 0.3) is 0 Å². The summed E-state index contributed by atoms with van der Waals surface area (Å²) < 4.78 is 25.0. The molecule has 0 N–H and O–H groups in total. The largest absolute Gasteiger partial charge is 0.491 e. The van der Waals surface area contributed by atoms with Crippen molar-refractivity contribution in [2.75, 3.05) is 13.2 Å². The normalized spacial score (nSPS) is 11.1. The molecule has 0 amide bonds. The number of fused-ring (bicyclic) bond motifs is 1. The summed E-state index contributed by atoms with van der Waals surface area (Å²) in [7, 11) is 0. The molecule has 0 unspecified atom stereocenters. The number of ether oxygens (including phenoxy) is 4. The van der Waals surface area contributed by atoms with Crippen molar-refractivity contribution in [1.29, 1.82) is 0 Å². The molecule has 1 heterocycles. The molecule has 0 saturated carbocycles. The van der Waals surface area contributed by atoms with Crippen LogP contribution in [0.25, 0.3) is 22.2 Å². The predicted octanol–water partition coefficient (Wildman–Crippen LogP) is 7.97. The summed E-state index contributed by atoms with van der Waals surface area (Å²) in [6.45, 7) is 9.40. The van der Waals surface area contributed by atoms with Gasteiger partial charge in [0.1, 0.15) is 23.9 Å². The molecule has 0 aliphatic rings. The number of aryl methyl sites for hydroxylation is 1. The van der Waals surface area contributed by atoms with Crippen LogP contribution in [0.4, 0.5) is 0 Å². The van der Waals surface area contributed by atoms with E-state index in [2.05, 4.69) is 47.9 Å². The fraction of sp³-hybridized carbons (Fsp3) is 0.250. The Balaban J connectivity index is 1.46. The maximum absolute atomic E-state index is 11.7. The van der Waals surface area contributed by atoms with Gasteiger partial charge < -0.3 is 23.5 Å². The van der Waals surface area contributed by atoms with Crippen molar-refractivity contribution in [2.45, 2.75) is 47.0 Å². The van der Waals surface area contributed by atoms with Crippen LogP contribution in [-0.4, -0.2) is 29.9 Å². The smallest absolute Gasteiger partial charge is 0.344 e. The van der Waals surface area contributed by atoms with Gasteiger partial charge in [-0.15, -0.1) is 0 Å². The quantitative estimate of drug-likeness (QED) is 0.144. The zero-order valence-electron chi connectivity index (χ0n) is 24.6. The molecule has 5 aromatic rings. The minimum atomic E-state index is -0.377. The third-order valence-electron chi connectivity index (χ3n) is 6.96. The van der Waals surface area contributed by atoms with E-state index in [1.807, 2.05) is 74.5 Å². The average Bonchev–Trinajstić information content (AvgIpc) is 3.26. The van der Waals surface area contributed by atoms with Crippen LogP contribution in [0.5, 0.6) is 17.2 Å². The second kappa shape index (κ2) is 13.3. The molecule has 0 saturated heterocycles. The third-order valence-corrected chi connectivity index (χ3v) is 6.96. The van der Waals surface area contributed by atoms with E-state index >= 15 is 0 Å². The molecular formula is C36H37NO5. The first kappa shape index (κ1) is 28.8. The monoisotopic (exact) mass is 563 g/mol. The van der Waals surface area contributed by atoms with Gasteiger partial charge in [0.05, 0.1) is 18.4 Å². The van der Waals surface area contributed by atoms with E-state index in [1.54, 1.807) is 6.92 Å². The van der Waals surface area contributed by atoms with Crippen LogP contribution in [0.1, 0.15) is 37.5 Å². The number of rotatable bonds is 12. The summed E-state index contributed by atoms with van der Waals surface area (Å²) in [4.78, 5) is 11.7. The molecule has 0 bridgehead atoms. The minimum absolute atomic E-state index is 0.107. The molecule has 6 nitrogen and oxygen atoms in total. The first-order valence-corrected chi connectivity index (χ1v) is 14.3. The zero-order chi connectivity index (χ0) is 29.5. The van der Waals surface area contributed by atoms with Crippen LogP contribution in [-0.2, 0) is 22.7 Å². The molecule has 0 aliphatic heterocycles. The molecule has 1 aromatic heterocycles. The molecule has 0 aliphatic carbocycles. The van der Waals surface area contributed by atoms with Crippen LogP contribution in [0.15, 0.2) is 97.1 Å². The van der Waals surface area contributed by atoms with Gasteiger partial charge in [-0.1, -0.05) is 42.5 Å². The molecule has 0 spiro atoms. The minimum Gasteiger partial charge on any atom is -0.491 e. The fourth-order valence-electron chi connectivity index (χ4n) is 5.05. The summed E-state index contributed by atoms with van der Waals surface area (Å²) in [6.07, 6.45) is 0.114. The Labute approximate surface area is 247 Å². The highest BCUT2D eigenvalue weighted by Crippen LogP contribution is 2.37. The number of aromatic nitrogens is 1. The Kier molecular flexibility index (Phi) is 9.12. The first-order valence-electron chi connectivity index (χ1n) is 14.3. The molecule has 216 valence electrons. The lowest BCUT2D eigenvalue weighted by Gasteiger charge is -2.14. The number of hydrogen-bond donors (Lipinski definition) is 0. The Hall–Kier alpha value is -4.71. The Morgan fingerprint density at radius 3 is 2.17 bits per heavy atom. The van der Waals surface area contributed by atoms with Crippen LogP contribution in [0, 0.1) is 6.92 Å². The standard InChI is InChI=1S/C36H37NO5/c1-5-39-35(38)24-41-30-15-11-27(12-16-30)22-37-34-20-19-32(40-23-28-9-7-6-8-10-28)21-33(34)26(4)36(37)29-13-17-31(18-14-29)42-25(2)3/h6-21,25H,5,22-24H2,1-4H3. The number of benzene rings is 4. The van der Waals surface area contributed by atoms with E-state index in [0.29, 0.717) is 25.5 Å². The van der Waals surface area contributed by atoms with Crippen LogP contribution in [0.2, 0.25) is 0 Å². The van der Waals surface area contributed by atoms with Gasteiger partial charge in [-0.25, -0.2) is 4.79 Å². The average molecular weight is 564 g/mol. The summed E-state index contributed by atoms with van der Waals surface area (Å²) in [6, 6.07) is 32.6. The Bertz CT molecular complexity index is 1620. The van der Waals surface area contributed by atoms with Gasteiger partial charge in [0.15, 0.2) is 6.61 Å². The summed E-state index contributed by atoms with van der Waals surface area (Å²) in [5.74, 6) is 1.94. The lowest BCUT2D eigenvalue weighted by atomic mass is 10.1. The van der Waals surface area contributed by atoms with Crippen molar-refractivity contribution in [3.63, 3.8) is 0 Å². The Morgan fingerprint density at radius 2 is 1.48 bits per heavy atom. The summed E-state index contributed by atoms with van der Waals surface area (Å²) >= 11 is 0. The maximum atomic E-state index is 11.7. The Morgan fingerprint density at radius 1 is 0.786 bits per heavy atom. The number of hydrogen-bond acceptors (Lipinski definition) is 5. The highest BCUT2D eigenvalue weighted by molar-refractivity contribution is 5.92. The SMILES string of the molecule is CCOC(=O)COc1ccc(Cn2c(-c3ccc(OC(C)C)cc3)c(C)c3cc(OCc4ccccc4)ccc32)cc1. The van der Waals surface area contributed by atoms with Crippen LogP contribution >= 0.6 is 0 Å². The third kappa shape index (κ3) is 6.95. The lowest BCUT2D eigenvalue weighted by molar-refractivity contribution is -0.145. The number of esters is 1. The first-order chi connectivity index (χ1) is 20.4. The van der Waals surface area contributed by atoms with Crippen molar-refractivity contribution in [1.82, 2.24) is 4.57 Å². The number of carbonyl (C=O) groups is 1. The molecule has 0 fully saturated rings. The molecule has 0 radical (unpaired) electrons. The van der Waals surface area contributed by atoms with Gasteiger partial charge in [-0.2, -0.15) is 0 Å². The van der Waals surface area contributed by atoms with Gasteiger partial charge in [-0.05, 0) is 105 Å². The summed E-state index contributed by atoms with van der Waals surface area (Å²) in [5.41, 5.74) is 6.80. The second-order valence-electron chi connectivity index (χ2n) is 10.4. The van der Waals surface area contributed by atoms with Gasteiger partial charge in [0, 0.05) is 17.4 Å². The van der Waals surface area contributed by atoms with Crippen molar-refractivity contribution in [2.24, 2.45) is 0 Å². The fourth-order valence-corrected chi connectivity index (χ4v) is 5.05. The number of nitrogens with zero attached hydrogens (tertiary/aromatic N) is 1. The van der Waals surface area contributed by atoms with Crippen molar-refractivity contribution in [3.8, 4) is 28.5 Å². The van der Waals surface area contributed by atoms with Gasteiger partial charge in [0.2, 0.25) is 0 Å². The highest BCUT2D eigenvalue weighted by atomic mass is 16.6. The van der Waals surface area contributed by atoms with Gasteiger partial charge >= 0.3 is 5.97 Å². The van der Waals surface area contributed by atoms with Crippen molar-refractivity contribution >= 4 is 16.9 Å². The van der Waals surface area contributed by atoms with Crippen LogP contribution < -0.4 is 14.2 Å². The van der Waals surface area contributed by atoms with E-state index in [4.69, 9.17) is 18.9 Å². The van der Waals surface area contributed by atoms with E-state index in [0.717, 1.165) is 44.8 Å². The van der Waals surface area contributed by atoms with Crippen molar-refractivity contribution < 1.29 is 23.7 Å². The van der Waals surface area contributed by atoms with Crippen molar-refractivity contribution in [3.05, 3.63) is 114 Å². The predicted molar refractivity (Wildman–Crippen MR) is 166 cm³/mol. The summed E-state index contributed by atoms with van der Waals surface area (Å²) in [5, 5.41) is 1.15. The second-order valence-corrected chi connectivity index (χ2v) is 10.4. The van der Waals surface area contributed by atoms with E-state index in [9.17, 15) is 4.79 Å². The highest BCUT2D eigenvalue weighted by Gasteiger charge is 2.18. The zero-order valence-corrected chi connectivity index (χ0v) is 24.6. The molecule has 0 atom stereocenters. The van der Waals surface area contributed by atoms with E-state index in [-0.39, 0.29) is 18.7 Å². The molecular weight excluding hydrogens is 526 g/mol. The topological polar surface area (TPSA) is 58.9 Å². The van der Waals surface area contributed by atoms with Gasteiger partial charge in [-0.3, -0.25) is 0 Å². The van der Waals surface area contributed by atoms with E-state index < -0.39 is 0 Å².